The average molecular weight is 718 g/mol. The molecule has 0 unspecified atom stereocenters. The summed E-state index contributed by atoms with van der Waals surface area (Å²) in [5.74, 6) is 0. The Bertz CT molecular complexity index is 3470. The summed E-state index contributed by atoms with van der Waals surface area (Å²) in [5.41, 5.74) is 13.0. The van der Waals surface area contributed by atoms with Gasteiger partial charge in [-0.25, -0.2) is 0 Å². The molecular formula is C52H31NO3. The van der Waals surface area contributed by atoms with Gasteiger partial charge in [-0.05, 0) is 107 Å². The third-order valence-corrected chi connectivity index (χ3v) is 11.3. The summed E-state index contributed by atoms with van der Waals surface area (Å²) >= 11 is 0. The first-order chi connectivity index (χ1) is 27.7. The Labute approximate surface area is 321 Å². The minimum Gasteiger partial charge on any atom is -0.456 e. The molecule has 262 valence electrons. The van der Waals surface area contributed by atoms with Crippen LogP contribution < -0.4 is 4.90 Å². The summed E-state index contributed by atoms with van der Waals surface area (Å²) in [6.45, 7) is 0. The molecule has 12 rings (SSSR count). The van der Waals surface area contributed by atoms with E-state index in [1.807, 2.05) is 24.3 Å². The standard InChI is InChI=1S/C52H31NO3/c1-2-9-40-33(8-1)20-28-44-51-39(12-7-15-49(51)56-52(40)44)34-18-24-37(25-19-34)53(38-26-29-48-45(31-38)42-11-4-6-14-47(42)54-48)36-22-16-32(17-23-36)35-21-27-43-41-10-3-5-13-46(41)55-50(43)30-35/h1-31H. The molecule has 0 radical (unpaired) electrons. The highest BCUT2D eigenvalue weighted by Crippen LogP contribution is 2.43. The van der Waals surface area contributed by atoms with E-state index in [9.17, 15) is 0 Å². The van der Waals surface area contributed by atoms with Gasteiger partial charge in [0.15, 0.2) is 0 Å². The molecule has 0 amide bonds. The van der Waals surface area contributed by atoms with E-state index < -0.39 is 0 Å². The van der Waals surface area contributed by atoms with Gasteiger partial charge in [-0.2, -0.15) is 0 Å². The summed E-state index contributed by atoms with van der Waals surface area (Å²) < 4.78 is 19.0. The summed E-state index contributed by atoms with van der Waals surface area (Å²) in [6, 6.07) is 66.2. The van der Waals surface area contributed by atoms with Gasteiger partial charge < -0.3 is 18.2 Å². The fourth-order valence-electron chi connectivity index (χ4n) is 8.59. The molecule has 0 fully saturated rings. The Balaban J connectivity index is 0.973. The van der Waals surface area contributed by atoms with Gasteiger partial charge >= 0.3 is 0 Å². The maximum atomic E-state index is 6.52. The van der Waals surface area contributed by atoms with Crippen LogP contribution in [0.25, 0.3) is 98.8 Å². The SMILES string of the molecule is c1ccc2c(c1)ccc1c2oc2cccc(-c3ccc(N(c4ccc(-c5ccc6c(c5)oc5ccccc56)cc4)c4ccc5oc6ccccc6c5c4)cc3)c21. The first-order valence-electron chi connectivity index (χ1n) is 18.9. The molecule has 0 atom stereocenters. The number of benzene rings is 9. The molecule has 3 heterocycles. The summed E-state index contributed by atoms with van der Waals surface area (Å²) in [4.78, 5) is 2.32. The van der Waals surface area contributed by atoms with Crippen LogP contribution in [0, 0.1) is 0 Å². The quantitative estimate of drug-likeness (QED) is 0.178. The van der Waals surface area contributed by atoms with Crippen LogP contribution in [0.15, 0.2) is 201 Å². The monoisotopic (exact) mass is 717 g/mol. The van der Waals surface area contributed by atoms with Crippen LogP contribution in [0.1, 0.15) is 0 Å². The summed E-state index contributed by atoms with van der Waals surface area (Å²) in [5, 5.41) is 9.01. The van der Waals surface area contributed by atoms with Crippen LogP contribution in [0.5, 0.6) is 0 Å². The molecule has 9 aromatic carbocycles. The molecule has 0 aliphatic carbocycles. The number of rotatable bonds is 5. The molecular weight excluding hydrogens is 687 g/mol. The van der Waals surface area contributed by atoms with Crippen molar-refractivity contribution in [2.75, 3.05) is 4.90 Å². The summed E-state index contributed by atoms with van der Waals surface area (Å²) in [7, 11) is 0. The Kier molecular flexibility index (Phi) is 6.60. The van der Waals surface area contributed by atoms with E-state index >= 15 is 0 Å². The van der Waals surface area contributed by atoms with E-state index in [2.05, 4.69) is 169 Å². The van der Waals surface area contributed by atoms with Crippen molar-refractivity contribution in [1.82, 2.24) is 0 Å². The van der Waals surface area contributed by atoms with E-state index in [4.69, 9.17) is 13.3 Å². The smallest absolute Gasteiger partial charge is 0.143 e. The minimum absolute atomic E-state index is 0.870. The molecule has 0 bridgehead atoms. The van der Waals surface area contributed by atoms with Crippen molar-refractivity contribution in [1.29, 1.82) is 0 Å². The summed E-state index contributed by atoms with van der Waals surface area (Å²) in [6.07, 6.45) is 0. The highest BCUT2D eigenvalue weighted by molar-refractivity contribution is 6.19. The Morgan fingerprint density at radius 1 is 0.304 bits per heavy atom. The molecule has 4 heteroatoms. The van der Waals surface area contributed by atoms with Gasteiger partial charge in [0.05, 0.1) is 0 Å². The maximum Gasteiger partial charge on any atom is 0.143 e. The number of hydrogen-bond donors (Lipinski definition) is 0. The molecule has 0 aliphatic rings. The Morgan fingerprint density at radius 3 is 1.66 bits per heavy atom. The zero-order chi connectivity index (χ0) is 36.7. The highest BCUT2D eigenvalue weighted by Gasteiger charge is 2.18. The molecule has 0 saturated carbocycles. The number of furan rings is 3. The molecule has 12 aromatic rings. The fourth-order valence-corrected chi connectivity index (χ4v) is 8.59. The van der Waals surface area contributed by atoms with Gasteiger partial charge in [0, 0.05) is 54.8 Å². The van der Waals surface area contributed by atoms with E-state index in [1.54, 1.807) is 0 Å². The van der Waals surface area contributed by atoms with Gasteiger partial charge in [0.1, 0.15) is 33.5 Å². The number of fused-ring (bicyclic) bond motifs is 11. The minimum atomic E-state index is 0.870. The van der Waals surface area contributed by atoms with E-state index in [0.717, 1.165) is 111 Å². The molecule has 56 heavy (non-hydrogen) atoms. The van der Waals surface area contributed by atoms with Crippen molar-refractivity contribution in [3.05, 3.63) is 188 Å². The predicted molar refractivity (Wildman–Crippen MR) is 231 cm³/mol. The first-order valence-corrected chi connectivity index (χ1v) is 18.9. The molecule has 4 nitrogen and oxygen atoms in total. The second kappa shape index (κ2) is 12.0. The average Bonchev–Trinajstić information content (AvgIpc) is 3.95. The van der Waals surface area contributed by atoms with E-state index in [0.29, 0.717) is 0 Å². The van der Waals surface area contributed by atoms with Crippen LogP contribution in [0.3, 0.4) is 0 Å². The third kappa shape index (κ3) is 4.73. The van der Waals surface area contributed by atoms with Crippen LogP contribution in [-0.2, 0) is 0 Å². The Morgan fingerprint density at radius 2 is 0.875 bits per heavy atom. The second-order valence-corrected chi connectivity index (χ2v) is 14.5. The second-order valence-electron chi connectivity index (χ2n) is 14.5. The van der Waals surface area contributed by atoms with Crippen molar-refractivity contribution in [3.63, 3.8) is 0 Å². The van der Waals surface area contributed by atoms with Crippen molar-refractivity contribution < 1.29 is 13.3 Å². The van der Waals surface area contributed by atoms with Crippen molar-refractivity contribution in [2.45, 2.75) is 0 Å². The van der Waals surface area contributed by atoms with Crippen LogP contribution in [0.2, 0.25) is 0 Å². The number of hydrogen-bond acceptors (Lipinski definition) is 4. The van der Waals surface area contributed by atoms with Crippen molar-refractivity contribution in [3.8, 4) is 22.3 Å². The molecule has 0 spiro atoms. The van der Waals surface area contributed by atoms with Gasteiger partial charge in [-0.3, -0.25) is 0 Å². The topological polar surface area (TPSA) is 42.7 Å². The van der Waals surface area contributed by atoms with Gasteiger partial charge in [0.2, 0.25) is 0 Å². The Hall–Kier alpha value is -7.56. The largest absolute Gasteiger partial charge is 0.456 e. The van der Waals surface area contributed by atoms with Crippen LogP contribution in [-0.4, -0.2) is 0 Å². The fraction of sp³-hybridized carbons (Fsp3) is 0. The number of nitrogens with zero attached hydrogens (tertiary/aromatic N) is 1. The van der Waals surface area contributed by atoms with Crippen molar-refractivity contribution >= 4 is 93.7 Å². The molecule has 3 aromatic heterocycles. The van der Waals surface area contributed by atoms with Gasteiger partial charge in [-0.1, -0.05) is 109 Å². The van der Waals surface area contributed by atoms with Crippen molar-refractivity contribution in [2.24, 2.45) is 0 Å². The normalized spacial score (nSPS) is 11.9. The molecule has 0 N–H and O–H groups in total. The lowest BCUT2D eigenvalue weighted by Crippen LogP contribution is -2.09. The first kappa shape index (κ1) is 30.9. The van der Waals surface area contributed by atoms with Gasteiger partial charge in [-0.15, -0.1) is 0 Å². The highest BCUT2D eigenvalue weighted by atomic mass is 16.3. The molecule has 0 saturated heterocycles. The third-order valence-electron chi connectivity index (χ3n) is 11.3. The van der Waals surface area contributed by atoms with Crippen LogP contribution in [0.4, 0.5) is 17.1 Å². The lowest BCUT2D eigenvalue weighted by Gasteiger charge is -2.26. The maximum absolute atomic E-state index is 6.52. The number of anilines is 3. The number of para-hydroxylation sites is 2. The molecule has 0 aliphatic heterocycles. The zero-order valence-corrected chi connectivity index (χ0v) is 30.1. The lowest BCUT2D eigenvalue weighted by molar-refractivity contribution is 0.668. The van der Waals surface area contributed by atoms with E-state index in [-0.39, 0.29) is 0 Å². The predicted octanol–water partition coefficient (Wildman–Crippen LogP) is 15.3. The lowest BCUT2D eigenvalue weighted by atomic mass is 9.98. The van der Waals surface area contributed by atoms with E-state index in [1.165, 1.54) is 5.39 Å². The van der Waals surface area contributed by atoms with Gasteiger partial charge in [0.25, 0.3) is 0 Å². The van der Waals surface area contributed by atoms with Crippen LogP contribution >= 0.6 is 0 Å². The zero-order valence-electron chi connectivity index (χ0n) is 30.1.